The van der Waals surface area contributed by atoms with E-state index in [4.69, 9.17) is 14.2 Å². The van der Waals surface area contributed by atoms with E-state index in [0.717, 1.165) is 26.2 Å². The Hall–Kier alpha value is -1.50. The van der Waals surface area contributed by atoms with Crippen molar-refractivity contribution < 1.29 is 19.3 Å². The summed E-state index contributed by atoms with van der Waals surface area (Å²) in [4.78, 5) is 4.55. The minimum Gasteiger partial charge on any atom is -0.493 e. The van der Waals surface area contributed by atoms with Gasteiger partial charge in [-0.15, -0.1) is 0 Å². The largest absolute Gasteiger partial charge is 0.493 e. The number of aliphatic hydroxyl groups excluding tert-OH is 1. The summed E-state index contributed by atoms with van der Waals surface area (Å²) in [6, 6.07) is 5.46. The van der Waals surface area contributed by atoms with Gasteiger partial charge in [0.1, 0.15) is 12.7 Å². The molecule has 2 rings (SSSR count). The molecule has 6 nitrogen and oxygen atoms in total. The summed E-state index contributed by atoms with van der Waals surface area (Å²) in [5.74, 6) is 1.74. The standard InChI is InChI=1S/C16H26N2O4/c1-17-7-9-18(10-8-17)11-13(19)12-22-16-14(20-2)5-4-6-15(16)21-3/h4-6,13,19H,7-12H2,1-3H3. The van der Waals surface area contributed by atoms with E-state index >= 15 is 0 Å². The lowest BCUT2D eigenvalue weighted by atomic mass is 10.2. The van der Waals surface area contributed by atoms with Gasteiger partial charge in [-0.2, -0.15) is 0 Å². The van der Waals surface area contributed by atoms with Crippen LogP contribution < -0.4 is 14.2 Å². The summed E-state index contributed by atoms with van der Waals surface area (Å²) < 4.78 is 16.3. The number of ether oxygens (including phenoxy) is 3. The maximum absolute atomic E-state index is 10.2. The molecule has 124 valence electrons. The first-order valence-corrected chi connectivity index (χ1v) is 7.56. The maximum Gasteiger partial charge on any atom is 0.203 e. The minimum atomic E-state index is -0.543. The molecule has 1 unspecified atom stereocenters. The quantitative estimate of drug-likeness (QED) is 0.800. The topological polar surface area (TPSA) is 54.4 Å². The van der Waals surface area contributed by atoms with Crippen LogP contribution >= 0.6 is 0 Å². The summed E-state index contributed by atoms with van der Waals surface area (Å²) in [5, 5.41) is 10.2. The van der Waals surface area contributed by atoms with Gasteiger partial charge in [-0.3, -0.25) is 4.90 Å². The van der Waals surface area contributed by atoms with Gasteiger partial charge in [-0.05, 0) is 19.2 Å². The molecule has 1 aromatic carbocycles. The highest BCUT2D eigenvalue weighted by Gasteiger charge is 2.19. The van der Waals surface area contributed by atoms with Crippen LogP contribution in [0.15, 0.2) is 18.2 Å². The van der Waals surface area contributed by atoms with Crippen LogP contribution in [0.3, 0.4) is 0 Å². The number of aliphatic hydroxyl groups is 1. The first-order chi connectivity index (χ1) is 10.6. The molecule has 22 heavy (non-hydrogen) atoms. The predicted octanol–water partition coefficient (Wildman–Crippen LogP) is 0.691. The molecule has 1 aliphatic rings. The monoisotopic (exact) mass is 310 g/mol. The normalized spacial score (nSPS) is 18.0. The third-order valence-corrected chi connectivity index (χ3v) is 3.87. The van der Waals surface area contributed by atoms with Crippen molar-refractivity contribution in [1.29, 1.82) is 0 Å². The van der Waals surface area contributed by atoms with Gasteiger partial charge in [0.05, 0.1) is 14.2 Å². The summed E-state index contributed by atoms with van der Waals surface area (Å²) in [6.07, 6.45) is -0.543. The Bertz CT molecular complexity index is 439. The van der Waals surface area contributed by atoms with Gasteiger partial charge >= 0.3 is 0 Å². The minimum absolute atomic E-state index is 0.211. The molecular weight excluding hydrogens is 284 g/mol. The first kappa shape index (κ1) is 16.9. The Morgan fingerprint density at radius 3 is 2.23 bits per heavy atom. The van der Waals surface area contributed by atoms with Crippen molar-refractivity contribution >= 4 is 0 Å². The van der Waals surface area contributed by atoms with Crippen LogP contribution in [0.5, 0.6) is 17.2 Å². The highest BCUT2D eigenvalue weighted by Crippen LogP contribution is 2.36. The second-order valence-corrected chi connectivity index (χ2v) is 5.56. The van der Waals surface area contributed by atoms with Gasteiger partial charge < -0.3 is 24.2 Å². The van der Waals surface area contributed by atoms with E-state index < -0.39 is 6.10 Å². The molecule has 1 atom stereocenters. The molecular formula is C16H26N2O4. The van der Waals surface area contributed by atoms with Crippen LogP contribution in [0.4, 0.5) is 0 Å². The molecule has 0 spiro atoms. The van der Waals surface area contributed by atoms with E-state index in [1.54, 1.807) is 14.2 Å². The Balaban J connectivity index is 1.87. The molecule has 0 bridgehead atoms. The molecule has 1 aromatic rings. The molecule has 1 N–H and O–H groups in total. The number of likely N-dealkylation sites (N-methyl/N-ethyl adjacent to an activating group) is 1. The second kappa shape index (κ2) is 8.22. The summed E-state index contributed by atoms with van der Waals surface area (Å²) >= 11 is 0. The average Bonchev–Trinajstić information content (AvgIpc) is 2.54. The molecule has 1 fully saturated rings. The van der Waals surface area contributed by atoms with Gasteiger partial charge in [-0.25, -0.2) is 0 Å². The van der Waals surface area contributed by atoms with E-state index in [9.17, 15) is 5.11 Å². The number of β-amino-alcohol motifs (C(OH)–C–C–N with tert-alkyl or cyclic N) is 1. The lowest BCUT2D eigenvalue weighted by Crippen LogP contribution is -2.47. The highest BCUT2D eigenvalue weighted by atomic mass is 16.5. The molecule has 6 heteroatoms. The zero-order valence-electron chi connectivity index (χ0n) is 13.6. The number of benzene rings is 1. The number of rotatable bonds is 7. The molecule has 0 radical (unpaired) electrons. The van der Waals surface area contributed by atoms with Gasteiger partial charge in [0.25, 0.3) is 0 Å². The van der Waals surface area contributed by atoms with E-state index in [-0.39, 0.29) is 6.61 Å². The molecule has 0 aliphatic carbocycles. The number of hydrogen-bond acceptors (Lipinski definition) is 6. The van der Waals surface area contributed by atoms with Gasteiger partial charge in [0.15, 0.2) is 11.5 Å². The van der Waals surface area contributed by atoms with Crippen molar-refractivity contribution in [2.45, 2.75) is 6.10 Å². The maximum atomic E-state index is 10.2. The first-order valence-electron chi connectivity index (χ1n) is 7.56. The summed E-state index contributed by atoms with van der Waals surface area (Å²) in [7, 11) is 5.29. The smallest absolute Gasteiger partial charge is 0.203 e. The van der Waals surface area contributed by atoms with Crippen LogP contribution in [0.1, 0.15) is 0 Å². The van der Waals surface area contributed by atoms with Gasteiger partial charge in [0, 0.05) is 32.7 Å². The van der Waals surface area contributed by atoms with Gasteiger partial charge in [0.2, 0.25) is 5.75 Å². The van der Waals surface area contributed by atoms with E-state index in [2.05, 4.69) is 16.8 Å². The second-order valence-electron chi connectivity index (χ2n) is 5.56. The fourth-order valence-electron chi connectivity index (χ4n) is 2.52. The Morgan fingerprint density at radius 1 is 1.09 bits per heavy atom. The zero-order chi connectivity index (χ0) is 15.9. The Kier molecular flexibility index (Phi) is 6.30. The van der Waals surface area contributed by atoms with E-state index in [0.29, 0.717) is 23.8 Å². The SMILES string of the molecule is COc1cccc(OC)c1OCC(O)CN1CCN(C)CC1. The van der Waals surface area contributed by atoms with Crippen LogP contribution in [0, 0.1) is 0 Å². The molecule has 0 saturated carbocycles. The van der Waals surface area contributed by atoms with Crippen LogP contribution in [-0.2, 0) is 0 Å². The highest BCUT2D eigenvalue weighted by molar-refractivity contribution is 5.51. The third kappa shape index (κ3) is 4.50. The molecule has 1 heterocycles. The van der Waals surface area contributed by atoms with Crippen LogP contribution in [0.2, 0.25) is 0 Å². The lowest BCUT2D eigenvalue weighted by Gasteiger charge is -2.33. The predicted molar refractivity (Wildman–Crippen MR) is 85.0 cm³/mol. The average molecular weight is 310 g/mol. The molecule has 1 saturated heterocycles. The van der Waals surface area contributed by atoms with Crippen molar-refractivity contribution in [3.8, 4) is 17.2 Å². The fraction of sp³-hybridized carbons (Fsp3) is 0.625. The summed E-state index contributed by atoms with van der Waals surface area (Å²) in [6.45, 7) is 4.85. The van der Waals surface area contributed by atoms with Crippen molar-refractivity contribution in [3.63, 3.8) is 0 Å². The molecule has 0 amide bonds. The van der Waals surface area contributed by atoms with E-state index in [1.807, 2.05) is 18.2 Å². The molecule has 1 aliphatic heterocycles. The Morgan fingerprint density at radius 2 is 1.68 bits per heavy atom. The van der Waals surface area contributed by atoms with Crippen molar-refractivity contribution in [2.24, 2.45) is 0 Å². The Labute approximate surface area is 132 Å². The molecule has 0 aromatic heterocycles. The number of methoxy groups -OCH3 is 2. The summed E-state index contributed by atoms with van der Waals surface area (Å²) in [5.41, 5.74) is 0. The third-order valence-electron chi connectivity index (χ3n) is 3.87. The van der Waals surface area contributed by atoms with E-state index in [1.165, 1.54) is 0 Å². The number of hydrogen-bond donors (Lipinski definition) is 1. The number of para-hydroxylation sites is 1. The lowest BCUT2D eigenvalue weighted by molar-refractivity contribution is 0.0490. The van der Waals surface area contributed by atoms with Crippen molar-refractivity contribution in [2.75, 3.05) is 60.6 Å². The van der Waals surface area contributed by atoms with Gasteiger partial charge in [-0.1, -0.05) is 6.07 Å². The fourth-order valence-corrected chi connectivity index (χ4v) is 2.52. The van der Waals surface area contributed by atoms with Crippen molar-refractivity contribution in [3.05, 3.63) is 18.2 Å². The van der Waals surface area contributed by atoms with Crippen LogP contribution in [0.25, 0.3) is 0 Å². The van der Waals surface area contributed by atoms with Crippen molar-refractivity contribution in [1.82, 2.24) is 9.80 Å². The number of nitrogens with zero attached hydrogens (tertiary/aromatic N) is 2. The zero-order valence-corrected chi connectivity index (χ0v) is 13.6. The number of piperazine rings is 1. The van der Waals surface area contributed by atoms with Crippen LogP contribution in [-0.4, -0.2) is 81.6 Å².